The molecule has 24 heavy (non-hydrogen) atoms. The molecule has 12 heteroatoms. The van der Waals surface area contributed by atoms with Gasteiger partial charge in [-0.25, -0.2) is 13.1 Å². The second kappa shape index (κ2) is 10.4. The van der Waals surface area contributed by atoms with Gasteiger partial charge in [-0.3, -0.25) is 8.42 Å². The molecule has 0 atom stereocenters. The zero-order valence-corrected chi connectivity index (χ0v) is 15.3. The van der Waals surface area contributed by atoms with Crippen LogP contribution in [0.25, 0.3) is 0 Å². The number of aryl methyl sites for hydroxylation is 1. The van der Waals surface area contributed by atoms with Crippen LogP contribution in [0, 0.1) is 6.92 Å². The summed E-state index contributed by atoms with van der Waals surface area (Å²) >= 11 is 0. The van der Waals surface area contributed by atoms with Crippen LogP contribution in [0.5, 0.6) is 0 Å². The van der Waals surface area contributed by atoms with Gasteiger partial charge in [0, 0.05) is 41.4 Å². The Morgan fingerprint density at radius 3 is 2.08 bits per heavy atom. The fraction of sp³-hybridized carbons (Fsp3) is 0.500. The molecular formula is C12H23N3O7S2-2. The molecule has 1 aromatic rings. The molecule has 1 aromatic carbocycles. The number of hydrogen-bond donors (Lipinski definition) is 2. The van der Waals surface area contributed by atoms with Crippen LogP contribution in [0.15, 0.2) is 18.2 Å². The molecular weight excluding hydrogens is 362 g/mol. The average molecular weight is 385 g/mol. The Morgan fingerprint density at radius 2 is 1.71 bits per heavy atom. The standard InChI is InChI=1S/C12H21N3O2S.H2O4S.H2O/c1-4-15(8-7-14-18(3,16)17)11-5-6-12(13)10(2)9-11;1-5(2,3)4;/h5-6,9,14H,4,7-8,13H2,1-3H3;(H2,1,2,3,4);1H2/p-2. The highest BCUT2D eigenvalue weighted by Crippen LogP contribution is 2.20. The smallest absolute Gasteiger partial charge is 0.208 e. The number of likely N-dealkylation sites (N-methyl/N-ethyl adjacent to an activating group) is 1. The number of nitrogens with two attached hydrogens (primary N) is 1. The Bertz CT molecular complexity index is 697. The van der Waals surface area contributed by atoms with E-state index in [1.807, 2.05) is 32.0 Å². The number of nitrogen functional groups attached to an aromatic ring is 1. The zero-order chi connectivity index (χ0) is 18.3. The molecule has 142 valence electrons. The third-order valence-electron chi connectivity index (χ3n) is 2.75. The second-order valence-electron chi connectivity index (χ2n) is 4.70. The number of nitrogens with zero attached hydrogens (tertiary/aromatic N) is 1. The average Bonchev–Trinajstić information content (AvgIpc) is 2.35. The molecule has 0 saturated heterocycles. The van der Waals surface area contributed by atoms with E-state index in [9.17, 15) is 8.42 Å². The first-order chi connectivity index (χ1) is 10.3. The van der Waals surface area contributed by atoms with Gasteiger partial charge >= 0.3 is 0 Å². The van der Waals surface area contributed by atoms with Gasteiger partial charge in [-0.1, -0.05) is 0 Å². The lowest BCUT2D eigenvalue weighted by atomic mass is 10.1. The molecule has 0 heterocycles. The van der Waals surface area contributed by atoms with Gasteiger partial charge in [0.15, 0.2) is 0 Å². The van der Waals surface area contributed by atoms with Crippen LogP contribution in [0.1, 0.15) is 12.5 Å². The maximum absolute atomic E-state index is 11.0. The van der Waals surface area contributed by atoms with Crippen molar-refractivity contribution in [3.8, 4) is 0 Å². The van der Waals surface area contributed by atoms with Crippen molar-refractivity contribution < 1.29 is 31.4 Å². The van der Waals surface area contributed by atoms with Crippen LogP contribution in [0.3, 0.4) is 0 Å². The highest BCUT2D eigenvalue weighted by Gasteiger charge is 2.07. The predicted molar refractivity (Wildman–Crippen MR) is 90.4 cm³/mol. The maximum Gasteiger partial charge on any atom is 0.208 e. The van der Waals surface area contributed by atoms with Gasteiger partial charge in [0.1, 0.15) is 0 Å². The molecule has 0 amide bonds. The highest BCUT2D eigenvalue weighted by atomic mass is 32.3. The van der Waals surface area contributed by atoms with Gasteiger partial charge in [-0.15, -0.1) is 0 Å². The molecule has 0 aliphatic carbocycles. The van der Waals surface area contributed by atoms with Crippen LogP contribution >= 0.6 is 0 Å². The molecule has 0 radical (unpaired) electrons. The van der Waals surface area contributed by atoms with E-state index in [0.29, 0.717) is 13.1 Å². The van der Waals surface area contributed by atoms with Crippen molar-refractivity contribution in [3.63, 3.8) is 0 Å². The van der Waals surface area contributed by atoms with Gasteiger partial charge in [0.25, 0.3) is 0 Å². The number of anilines is 2. The van der Waals surface area contributed by atoms with E-state index in [1.165, 1.54) is 0 Å². The summed E-state index contributed by atoms with van der Waals surface area (Å²) in [5.41, 5.74) is 8.63. The SMILES string of the molecule is CCN(CCNS(C)(=O)=O)c1ccc(N)c(C)c1.O.O=S(=O)([O-])[O-]. The summed E-state index contributed by atoms with van der Waals surface area (Å²) in [6, 6.07) is 5.84. The Labute approximate surface area is 142 Å². The largest absolute Gasteiger partial charge is 0.759 e. The molecule has 1 rings (SSSR count). The summed E-state index contributed by atoms with van der Waals surface area (Å²) in [6.45, 7) is 5.84. The minimum Gasteiger partial charge on any atom is -0.759 e. The van der Waals surface area contributed by atoms with Gasteiger partial charge in [-0.05, 0) is 37.6 Å². The monoisotopic (exact) mass is 385 g/mol. The van der Waals surface area contributed by atoms with Crippen molar-refractivity contribution in [2.75, 3.05) is 36.5 Å². The van der Waals surface area contributed by atoms with Crippen molar-refractivity contribution in [1.29, 1.82) is 0 Å². The summed E-state index contributed by atoms with van der Waals surface area (Å²) in [5.74, 6) is 0. The van der Waals surface area contributed by atoms with Crippen LogP contribution in [0.2, 0.25) is 0 Å². The van der Waals surface area contributed by atoms with Crippen molar-refractivity contribution in [2.24, 2.45) is 0 Å². The Kier molecular flexibility index (Phi) is 10.8. The lowest BCUT2D eigenvalue weighted by Gasteiger charge is -2.23. The lowest BCUT2D eigenvalue weighted by Crippen LogP contribution is -2.34. The molecule has 0 spiro atoms. The molecule has 10 nitrogen and oxygen atoms in total. The quantitative estimate of drug-likeness (QED) is 0.346. The van der Waals surface area contributed by atoms with E-state index < -0.39 is 20.4 Å². The normalized spacial score (nSPS) is 11.0. The van der Waals surface area contributed by atoms with E-state index >= 15 is 0 Å². The first-order valence-electron chi connectivity index (χ1n) is 6.56. The lowest BCUT2D eigenvalue weighted by molar-refractivity contribution is 0.352. The second-order valence-corrected chi connectivity index (χ2v) is 7.34. The number of sulfonamides is 1. The number of benzene rings is 1. The Balaban J connectivity index is 0. The molecule has 0 bridgehead atoms. The topological polar surface area (TPSA) is 187 Å². The summed E-state index contributed by atoms with van der Waals surface area (Å²) in [6.07, 6.45) is 1.16. The summed E-state index contributed by atoms with van der Waals surface area (Å²) in [5, 5.41) is 0. The number of hydrogen-bond acceptors (Lipinski definition) is 8. The number of nitrogens with one attached hydrogen (secondary N) is 1. The van der Waals surface area contributed by atoms with Crippen LogP contribution in [-0.4, -0.2) is 57.3 Å². The van der Waals surface area contributed by atoms with Gasteiger partial charge in [-0.2, -0.15) is 0 Å². The first kappa shape index (κ1) is 24.8. The van der Waals surface area contributed by atoms with E-state index in [2.05, 4.69) is 9.62 Å². The van der Waals surface area contributed by atoms with E-state index in [1.54, 1.807) is 0 Å². The molecule has 0 saturated carbocycles. The molecule has 0 aliphatic heterocycles. The molecule has 0 aliphatic rings. The van der Waals surface area contributed by atoms with Gasteiger partial charge in [0.05, 0.1) is 6.26 Å². The molecule has 0 fully saturated rings. The zero-order valence-electron chi connectivity index (χ0n) is 13.6. The highest BCUT2D eigenvalue weighted by molar-refractivity contribution is 7.88. The maximum atomic E-state index is 11.0. The van der Waals surface area contributed by atoms with Crippen LogP contribution < -0.4 is 15.4 Å². The minimum absolute atomic E-state index is 0. The van der Waals surface area contributed by atoms with Crippen molar-refractivity contribution in [3.05, 3.63) is 23.8 Å². The molecule has 5 N–H and O–H groups in total. The summed E-state index contributed by atoms with van der Waals surface area (Å²) in [7, 11) is -8.29. The summed E-state index contributed by atoms with van der Waals surface area (Å²) < 4.78 is 58.6. The van der Waals surface area contributed by atoms with Gasteiger partial charge in [0.2, 0.25) is 10.0 Å². The van der Waals surface area contributed by atoms with Crippen molar-refractivity contribution in [2.45, 2.75) is 13.8 Å². The first-order valence-corrected chi connectivity index (χ1v) is 9.78. The van der Waals surface area contributed by atoms with Crippen LogP contribution in [-0.2, 0) is 20.4 Å². The third-order valence-corrected chi connectivity index (χ3v) is 3.47. The third kappa shape index (κ3) is 13.0. The minimum atomic E-state index is -5.17. The van der Waals surface area contributed by atoms with Crippen molar-refractivity contribution in [1.82, 2.24) is 4.72 Å². The predicted octanol–water partition coefficient (Wildman–Crippen LogP) is -1.21. The fourth-order valence-corrected chi connectivity index (χ4v) is 2.15. The summed E-state index contributed by atoms with van der Waals surface area (Å²) in [4.78, 5) is 2.10. The fourth-order valence-electron chi connectivity index (χ4n) is 1.69. The number of rotatable bonds is 6. The van der Waals surface area contributed by atoms with Crippen molar-refractivity contribution >= 4 is 31.8 Å². The van der Waals surface area contributed by atoms with Crippen LogP contribution in [0.4, 0.5) is 11.4 Å². The van der Waals surface area contributed by atoms with E-state index in [0.717, 1.165) is 29.7 Å². The van der Waals surface area contributed by atoms with E-state index in [4.69, 9.17) is 23.3 Å². The van der Waals surface area contributed by atoms with E-state index in [-0.39, 0.29) is 5.48 Å². The molecule has 0 aromatic heterocycles. The Hall–Kier alpha value is -1.44. The molecule has 0 unspecified atom stereocenters. The Morgan fingerprint density at radius 1 is 1.21 bits per heavy atom. The van der Waals surface area contributed by atoms with Gasteiger partial charge < -0.3 is 25.2 Å².